The van der Waals surface area contributed by atoms with Gasteiger partial charge in [0.15, 0.2) is 0 Å². The Morgan fingerprint density at radius 1 is 1.35 bits per heavy atom. The van der Waals surface area contributed by atoms with E-state index in [-0.39, 0.29) is 12.6 Å². The summed E-state index contributed by atoms with van der Waals surface area (Å²) in [5, 5.41) is 3.13. The van der Waals surface area contributed by atoms with Gasteiger partial charge in [0.2, 0.25) is 5.91 Å². The molecule has 3 N–H and O–H groups in total. The van der Waals surface area contributed by atoms with Crippen molar-refractivity contribution in [3.8, 4) is 11.5 Å². The minimum atomic E-state index is -0.907. The molecule has 0 saturated heterocycles. The summed E-state index contributed by atoms with van der Waals surface area (Å²) in [5.41, 5.74) is 4.55. The number of carbonyl (C=O) groups is 1. The van der Waals surface area contributed by atoms with E-state index in [2.05, 4.69) is 5.32 Å². The third-order valence-corrected chi connectivity index (χ3v) is 2.80. The summed E-state index contributed by atoms with van der Waals surface area (Å²) < 4.78 is 11.1. The number of hydrogen-bond donors (Lipinski definition) is 2. The predicted octanol–water partition coefficient (Wildman–Crippen LogP) is 1.71. The van der Waals surface area contributed by atoms with Crippen LogP contribution in [0.5, 0.6) is 11.5 Å². The second-order valence-electron chi connectivity index (χ2n) is 5.19. The van der Waals surface area contributed by atoms with Crippen molar-refractivity contribution in [2.45, 2.75) is 39.3 Å². The van der Waals surface area contributed by atoms with Crippen LogP contribution < -0.4 is 20.5 Å². The smallest absolute Gasteiger partial charge is 0.240 e. The average Bonchev–Trinajstić information content (AvgIpc) is 2.36. The molecule has 0 spiro atoms. The van der Waals surface area contributed by atoms with Gasteiger partial charge in [-0.25, -0.2) is 0 Å². The van der Waals surface area contributed by atoms with Crippen LogP contribution in [0.3, 0.4) is 0 Å². The molecule has 1 aromatic rings. The fourth-order valence-corrected chi connectivity index (χ4v) is 1.87. The van der Waals surface area contributed by atoms with Crippen LogP contribution in [0.4, 0.5) is 0 Å². The molecule has 0 radical (unpaired) electrons. The van der Waals surface area contributed by atoms with Gasteiger partial charge in [-0.1, -0.05) is 6.07 Å². The number of rotatable bonds is 8. The monoisotopic (exact) mass is 280 g/mol. The molecule has 0 saturated carbocycles. The van der Waals surface area contributed by atoms with E-state index in [1.807, 2.05) is 39.0 Å². The third-order valence-electron chi connectivity index (χ3n) is 2.80. The molecule has 5 heteroatoms. The van der Waals surface area contributed by atoms with Gasteiger partial charge in [-0.3, -0.25) is 10.1 Å². The number of carbonyl (C=O) groups excluding carboxylic acids is 1. The molecule has 0 aliphatic rings. The summed E-state index contributed by atoms with van der Waals surface area (Å²) in [5.74, 6) is 0.948. The van der Waals surface area contributed by atoms with Crippen molar-refractivity contribution in [3.63, 3.8) is 0 Å². The molecule has 0 bridgehead atoms. The van der Waals surface area contributed by atoms with Crippen LogP contribution in [0.15, 0.2) is 24.3 Å². The number of nitrogens with two attached hydrogens (primary N) is 1. The van der Waals surface area contributed by atoms with Crippen LogP contribution in [0.1, 0.15) is 27.7 Å². The molecule has 0 aliphatic carbocycles. The Labute approximate surface area is 120 Å². The molecular formula is C15H24N2O3. The lowest BCUT2D eigenvalue weighted by Gasteiger charge is -2.29. The average molecular weight is 280 g/mol. The van der Waals surface area contributed by atoms with E-state index in [1.54, 1.807) is 13.0 Å². The summed E-state index contributed by atoms with van der Waals surface area (Å²) in [6.45, 7) is 8.33. The topological polar surface area (TPSA) is 73.6 Å². The molecule has 20 heavy (non-hydrogen) atoms. The molecule has 0 aromatic heterocycles. The maximum Gasteiger partial charge on any atom is 0.240 e. The van der Waals surface area contributed by atoms with Crippen LogP contribution in [-0.4, -0.2) is 30.7 Å². The van der Waals surface area contributed by atoms with E-state index < -0.39 is 11.4 Å². The fourth-order valence-electron chi connectivity index (χ4n) is 1.87. The predicted molar refractivity (Wildman–Crippen MR) is 79.0 cm³/mol. The number of hydrogen-bond acceptors (Lipinski definition) is 4. The normalized spacial score (nSPS) is 13.8. The number of benzene rings is 1. The van der Waals surface area contributed by atoms with Crippen molar-refractivity contribution in [3.05, 3.63) is 24.3 Å². The molecule has 1 amide bonds. The van der Waals surface area contributed by atoms with Crippen molar-refractivity contribution in [1.29, 1.82) is 0 Å². The highest BCUT2D eigenvalue weighted by atomic mass is 16.5. The maximum atomic E-state index is 11.6. The molecule has 112 valence electrons. The lowest BCUT2D eigenvalue weighted by atomic mass is 10.0. The lowest BCUT2D eigenvalue weighted by Crippen LogP contribution is -2.59. The van der Waals surface area contributed by atoms with Gasteiger partial charge in [0, 0.05) is 12.1 Å². The van der Waals surface area contributed by atoms with Crippen LogP contribution in [-0.2, 0) is 4.79 Å². The Bertz CT molecular complexity index is 448. The number of primary amides is 1. The van der Waals surface area contributed by atoms with Crippen molar-refractivity contribution >= 4 is 5.91 Å². The maximum absolute atomic E-state index is 11.6. The Kier molecular flexibility index (Phi) is 5.82. The van der Waals surface area contributed by atoms with Gasteiger partial charge in [-0.2, -0.15) is 0 Å². The Morgan fingerprint density at radius 2 is 1.95 bits per heavy atom. The number of ether oxygens (including phenoxy) is 2. The minimum absolute atomic E-state index is 0.130. The molecule has 1 atom stereocenters. The first-order chi connectivity index (χ1) is 9.37. The highest BCUT2D eigenvalue weighted by molar-refractivity contribution is 5.84. The Balaban J connectivity index is 2.72. The van der Waals surface area contributed by atoms with Crippen molar-refractivity contribution in [2.75, 3.05) is 13.2 Å². The highest BCUT2D eigenvalue weighted by Gasteiger charge is 2.32. The van der Waals surface area contributed by atoms with Gasteiger partial charge >= 0.3 is 0 Å². The summed E-state index contributed by atoms with van der Waals surface area (Å²) in [7, 11) is 0. The molecule has 0 heterocycles. The molecule has 0 fully saturated rings. The number of nitrogens with one attached hydrogen (secondary N) is 1. The van der Waals surface area contributed by atoms with Gasteiger partial charge in [0.1, 0.15) is 23.6 Å². The summed E-state index contributed by atoms with van der Waals surface area (Å²) >= 11 is 0. The van der Waals surface area contributed by atoms with E-state index in [0.29, 0.717) is 12.4 Å². The van der Waals surface area contributed by atoms with Gasteiger partial charge < -0.3 is 15.2 Å². The standard InChI is InChI=1S/C15H24N2O3/c1-5-19-12-7-6-8-13(9-12)20-10-15(4,14(16)18)17-11(2)3/h6-9,11,17H,5,10H2,1-4H3,(H2,16,18). The zero-order valence-corrected chi connectivity index (χ0v) is 12.6. The van der Waals surface area contributed by atoms with Crippen LogP contribution >= 0.6 is 0 Å². The summed E-state index contributed by atoms with van der Waals surface area (Å²) in [6.07, 6.45) is 0. The third kappa shape index (κ3) is 4.74. The number of amides is 1. The van der Waals surface area contributed by atoms with Crippen LogP contribution in [0, 0.1) is 0 Å². The minimum Gasteiger partial charge on any atom is -0.494 e. The summed E-state index contributed by atoms with van der Waals surface area (Å²) in [4.78, 5) is 11.6. The first-order valence-electron chi connectivity index (χ1n) is 6.80. The largest absolute Gasteiger partial charge is 0.494 e. The van der Waals surface area contributed by atoms with E-state index in [4.69, 9.17) is 15.2 Å². The Hall–Kier alpha value is -1.75. The Morgan fingerprint density at radius 3 is 2.45 bits per heavy atom. The van der Waals surface area contributed by atoms with Crippen LogP contribution in [0.2, 0.25) is 0 Å². The molecule has 1 unspecified atom stereocenters. The molecule has 0 aliphatic heterocycles. The van der Waals surface area contributed by atoms with E-state index in [9.17, 15) is 4.79 Å². The van der Waals surface area contributed by atoms with E-state index >= 15 is 0 Å². The van der Waals surface area contributed by atoms with Crippen molar-refractivity contribution in [1.82, 2.24) is 5.32 Å². The van der Waals surface area contributed by atoms with Gasteiger partial charge in [-0.05, 0) is 39.8 Å². The molecule has 5 nitrogen and oxygen atoms in total. The first kappa shape index (κ1) is 16.3. The highest BCUT2D eigenvalue weighted by Crippen LogP contribution is 2.20. The van der Waals surface area contributed by atoms with Gasteiger partial charge in [0.05, 0.1) is 6.61 Å². The van der Waals surface area contributed by atoms with Crippen molar-refractivity contribution < 1.29 is 14.3 Å². The molecule has 1 rings (SSSR count). The second kappa shape index (κ2) is 7.14. The first-order valence-corrected chi connectivity index (χ1v) is 6.80. The van der Waals surface area contributed by atoms with E-state index in [0.717, 1.165) is 5.75 Å². The molecule has 1 aromatic carbocycles. The molecular weight excluding hydrogens is 256 g/mol. The van der Waals surface area contributed by atoms with E-state index in [1.165, 1.54) is 0 Å². The lowest BCUT2D eigenvalue weighted by molar-refractivity contribution is -0.125. The van der Waals surface area contributed by atoms with Crippen LogP contribution in [0.25, 0.3) is 0 Å². The summed E-state index contributed by atoms with van der Waals surface area (Å²) in [6, 6.07) is 7.44. The quantitative estimate of drug-likeness (QED) is 0.760. The SMILES string of the molecule is CCOc1cccc(OCC(C)(NC(C)C)C(N)=O)c1. The zero-order valence-electron chi connectivity index (χ0n) is 12.6. The van der Waals surface area contributed by atoms with Crippen molar-refractivity contribution in [2.24, 2.45) is 5.73 Å². The fraction of sp³-hybridized carbons (Fsp3) is 0.533. The zero-order chi connectivity index (χ0) is 15.2. The second-order valence-corrected chi connectivity index (χ2v) is 5.19. The van der Waals surface area contributed by atoms with Gasteiger partial charge in [-0.15, -0.1) is 0 Å². The van der Waals surface area contributed by atoms with Gasteiger partial charge in [0.25, 0.3) is 0 Å².